The number of ether oxygens (including phenoxy) is 2. The number of rotatable bonds is 12. The Kier molecular flexibility index (Phi) is 13.2. The first-order chi connectivity index (χ1) is 24.4. The summed E-state index contributed by atoms with van der Waals surface area (Å²) in [7, 11) is 1.19. The van der Waals surface area contributed by atoms with Gasteiger partial charge < -0.3 is 35.6 Å². The number of nitrogens with one attached hydrogen (secondary N) is 3. The Labute approximate surface area is 337 Å². The number of amides is 3. The van der Waals surface area contributed by atoms with Crippen LogP contribution in [0.5, 0.6) is 11.5 Å². The van der Waals surface area contributed by atoms with Crippen molar-refractivity contribution in [1.29, 1.82) is 0 Å². The molecule has 0 aromatic heterocycles. The van der Waals surface area contributed by atoms with Crippen molar-refractivity contribution in [3.8, 4) is 22.6 Å². The van der Waals surface area contributed by atoms with E-state index in [1.165, 1.54) is 7.11 Å². The first-order valence-corrected chi connectivity index (χ1v) is 19.2. The molecule has 0 saturated heterocycles. The third-order valence-corrected chi connectivity index (χ3v) is 11.1. The van der Waals surface area contributed by atoms with E-state index < -0.39 is 42.5 Å². The summed E-state index contributed by atoms with van der Waals surface area (Å²) < 4.78 is 12.5. The Balaban J connectivity index is 1.26. The van der Waals surface area contributed by atoms with Gasteiger partial charge in [0.15, 0.2) is 0 Å². The second kappa shape index (κ2) is 17.4. The number of fused-ring (bicyclic) bond motifs is 3. The van der Waals surface area contributed by atoms with E-state index in [2.05, 4.69) is 47.8 Å². The van der Waals surface area contributed by atoms with Crippen molar-refractivity contribution in [2.75, 3.05) is 20.3 Å². The minimum atomic E-state index is -1.16. The van der Waals surface area contributed by atoms with Crippen molar-refractivity contribution in [3.63, 3.8) is 0 Å². The van der Waals surface area contributed by atoms with Crippen LogP contribution in [0.1, 0.15) is 28.2 Å². The zero-order valence-corrected chi connectivity index (χ0v) is 34.3. The molecule has 0 unspecified atom stereocenters. The number of benzene rings is 4. The van der Waals surface area contributed by atoms with E-state index in [4.69, 9.17) is 9.47 Å². The van der Waals surface area contributed by atoms with Crippen LogP contribution in [0.3, 0.4) is 0 Å². The number of alkyl carbamates (subject to hydrolysis) is 1. The summed E-state index contributed by atoms with van der Waals surface area (Å²) in [5.41, 5.74) is 5.49. The lowest BCUT2D eigenvalue weighted by molar-refractivity contribution is -0.145. The summed E-state index contributed by atoms with van der Waals surface area (Å²) in [6.45, 7) is -0.475. The van der Waals surface area contributed by atoms with Crippen molar-refractivity contribution in [3.05, 3.63) is 111 Å². The maximum absolute atomic E-state index is 13.5. The molecule has 0 fully saturated rings. The third kappa shape index (κ3) is 9.53. The molecule has 15 heteroatoms. The van der Waals surface area contributed by atoms with Gasteiger partial charge in [-0.25, -0.2) is 9.59 Å². The van der Waals surface area contributed by atoms with Crippen LogP contribution in [0.4, 0.5) is 4.79 Å². The molecule has 4 aromatic carbocycles. The molecule has 3 amide bonds. The molecule has 1 aliphatic carbocycles. The number of carbonyl (C=O) groups is 4. The van der Waals surface area contributed by atoms with Crippen LogP contribution < -0.4 is 16.0 Å². The molecular formula is C36H31Br2I2N3O8. The molecule has 0 heterocycles. The second-order valence-corrected chi connectivity index (χ2v) is 15.6. The van der Waals surface area contributed by atoms with Gasteiger partial charge in [0.1, 0.15) is 30.2 Å². The highest BCUT2D eigenvalue weighted by Crippen LogP contribution is 2.44. The average Bonchev–Trinajstić information content (AvgIpc) is 3.43. The van der Waals surface area contributed by atoms with Gasteiger partial charge >= 0.3 is 12.1 Å². The lowest BCUT2D eigenvalue weighted by Gasteiger charge is -2.21. The van der Waals surface area contributed by atoms with E-state index in [9.17, 15) is 29.4 Å². The van der Waals surface area contributed by atoms with Crippen LogP contribution in [0, 0.1) is 7.14 Å². The van der Waals surface area contributed by atoms with Gasteiger partial charge in [0.2, 0.25) is 11.8 Å². The third-order valence-electron chi connectivity index (χ3n) is 8.23. The normalized spacial score (nSPS) is 13.0. The average molecular weight is 1050 g/mol. The number of esters is 1. The summed E-state index contributed by atoms with van der Waals surface area (Å²) in [5, 5.41) is 28.1. The molecule has 51 heavy (non-hydrogen) atoms. The fraction of sp³-hybridized carbons (Fsp3) is 0.222. The Morgan fingerprint density at radius 1 is 0.784 bits per heavy atom. The van der Waals surface area contributed by atoms with Crippen molar-refractivity contribution >= 4 is 101 Å². The molecule has 0 spiro atoms. The van der Waals surface area contributed by atoms with Gasteiger partial charge in [0.25, 0.3) is 0 Å². The standard InChI is InChI=1S/C36H31Br2I2N3O8/c1-50-35(48)30(15-18-10-25(37)32(45)26(38)11-18)42-31(44)16-41-34(47)29(14-19-12-27(39)33(46)28(40)13-19)43-36(49)51-17-24-22-8-4-2-6-20(22)21-7-3-5-9-23(21)24/h2-13,24,29-30,45-46H,14-17H2,1H3,(H,41,47)(H,42,44)(H,43,49)/t29-,30-/m0/s1. The maximum atomic E-state index is 13.5. The molecule has 0 saturated carbocycles. The van der Waals surface area contributed by atoms with E-state index in [1.807, 2.05) is 93.7 Å². The highest BCUT2D eigenvalue weighted by molar-refractivity contribution is 14.1. The monoisotopic (exact) mass is 1040 g/mol. The zero-order valence-electron chi connectivity index (χ0n) is 26.8. The SMILES string of the molecule is COC(=O)[C@H](Cc1cc(Br)c(O)c(Br)c1)NC(=O)CNC(=O)[C@H](Cc1cc(I)c(O)c(I)c1)NC(=O)OCC1c2ccccc2-c2ccccc21. The predicted octanol–water partition coefficient (Wildman–Crippen LogP) is 6.30. The van der Waals surface area contributed by atoms with E-state index in [0.29, 0.717) is 27.2 Å². The van der Waals surface area contributed by atoms with Gasteiger partial charge in [-0.15, -0.1) is 0 Å². The Morgan fingerprint density at radius 2 is 1.31 bits per heavy atom. The molecule has 0 bridgehead atoms. The minimum absolute atomic E-state index is 0.0157. The number of carbonyl (C=O) groups excluding carboxylic acids is 4. The molecule has 1 aliphatic rings. The number of methoxy groups -OCH3 is 1. The van der Waals surface area contributed by atoms with Crippen LogP contribution in [-0.2, 0) is 36.7 Å². The molecule has 2 atom stereocenters. The van der Waals surface area contributed by atoms with E-state index in [0.717, 1.165) is 22.3 Å². The number of phenolic OH excluding ortho intramolecular Hbond substituents is 2. The van der Waals surface area contributed by atoms with E-state index in [1.54, 1.807) is 24.3 Å². The number of hydrogen-bond donors (Lipinski definition) is 5. The zero-order chi connectivity index (χ0) is 36.8. The number of aromatic hydroxyl groups is 2. The van der Waals surface area contributed by atoms with E-state index >= 15 is 0 Å². The summed E-state index contributed by atoms with van der Waals surface area (Å²) >= 11 is 10.5. The Morgan fingerprint density at radius 3 is 1.88 bits per heavy atom. The van der Waals surface area contributed by atoms with E-state index in [-0.39, 0.29) is 36.9 Å². The van der Waals surface area contributed by atoms with Crippen LogP contribution in [0.25, 0.3) is 11.1 Å². The molecule has 11 nitrogen and oxygen atoms in total. The summed E-state index contributed by atoms with van der Waals surface area (Å²) in [5.74, 6) is -2.15. The topological polar surface area (TPSA) is 163 Å². The lowest BCUT2D eigenvalue weighted by Crippen LogP contribution is -2.52. The summed E-state index contributed by atoms with van der Waals surface area (Å²) in [6.07, 6.45) is -0.755. The molecule has 5 N–H and O–H groups in total. The smallest absolute Gasteiger partial charge is 0.407 e. The highest BCUT2D eigenvalue weighted by Gasteiger charge is 2.30. The predicted molar refractivity (Wildman–Crippen MR) is 213 cm³/mol. The number of phenols is 2. The fourth-order valence-electron chi connectivity index (χ4n) is 5.81. The van der Waals surface area contributed by atoms with Crippen LogP contribution in [0.15, 0.2) is 81.7 Å². The van der Waals surface area contributed by atoms with Gasteiger partial charge in [-0.3, -0.25) is 9.59 Å². The number of halogens is 4. The second-order valence-electron chi connectivity index (χ2n) is 11.6. The molecule has 4 aromatic rings. The van der Waals surface area contributed by atoms with Crippen molar-refractivity contribution in [2.24, 2.45) is 0 Å². The number of hydrogen-bond acceptors (Lipinski definition) is 8. The maximum Gasteiger partial charge on any atom is 0.407 e. The van der Waals surface area contributed by atoms with Crippen LogP contribution >= 0.6 is 77.0 Å². The first-order valence-electron chi connectivity index (χ1n) is 15.5. The molecule has 5 rings (SSSR count). The van der Waals surface area contributed by atoms with Crippen molar-refractivity contribution < 1.29 is 38.9 Å². The fourth-order valence-corrected chi connectivity index (χ4v) is 8.98. The van der Waals surface area contributed by atoms with Crippen LogP contribution in [-0.4, -0.2) is 66.4 Å². The van der Waals surface area contributed by atoms with Crippen LogP contribution in [0.2, 0.25) is 0 Å². The van der Waals surface area contributed by atoms with Gasteiger partial charge in [0.05, 0.1) is 29.7 Å². The van der Waals surface area contributed by atoms with Crippen molar-refractivity contribution in [2.45, 2.75) is 30.8 Å². The molecule has 0 aliphatic heterocycles. The quantitative estimate of drug-likeness (QED) is 0.0817. The largest absolute Gasteiger partial charge is 0.506 e. The minimum Gasteiger partial charge on any atom is -0.506 e. The molecular weight excluding hydrogens is 1020 g/mol. The van der Waals surface area contributed by atoms with Gasteiger partial charge in [-0.1, -0.05) is 48.5 Å². The molecule has 0 radical (unpaired) electrons. The lowest BCUT2D eigenvalue weighted by atomic mass is 9.98. The first kappa shape index (κ1) is 38.8. The van der Waals surface area contributed by atoms with Gasteiger partial charge in [-0.05, 0) is 135 Å². The highest BCUT2D eigenvalue weighted by atomic mass is 127. The summed E-state index contributed by atoms with van der Waals surface area (Å²) in [6, 6.07) is 20.2. The van der Waals surface area contributed by atoms with Gasteiger partial charge in [0, 0.05) is 18.8 Å². The Hall–Kier alpha value is -3.42. The Bertz CT molecular complexity index is 1900. The van der Waals surface area contributed by atoms with Crippen molar-refractivity contribution in [1.82, 2.24) is 16.0 Å². The summed E-state index contributed by atoms with van der Waals surface area (Å²) in [4.78, 5) is 52.3. The van der Waals surface area contributed by atoms with Gasteiger partial charge in [-0.2, -0.15) is 0 Å². The molecule has 266 valence electrons.